The summed E-state index contributed by atoms with van der Waals surface area (Å²) in [7, 11) is 1.68. The van der Waals surface area contributed by atoms with Gasteiger partial charge in [-0.1, -0.05) is 0 Å². The quantitative estimate of drug-likeness (QED) is 0.835. The summed E-state index contributed by atoms with van der Waals surface area (Å²) in [5.41, 5.74) is 1.84. The van der Waals surface area contributed by atoms with Gasteiger partial charge in [0.2, 0.25) is 0 Å². The van der Waals surface area contributed by atoms with E-state index in [0.29, 0.717) is 37.2 Å². The molecule has 2 aliphatic rings. The zero-order valence-electron chi connectivity index (χ0n) is 17.0. The van der Waals surface area contributed by atoms with Crippen LogP contribution in [0.25, 0.3) is 0 Å². The molecule has 1 N–H and O–H groups in total. The van der Waals surface area contributed by atoms with Gasteiger partial charge in [0.05, 0.1) is 0 Å². The molecule has 0 saturated carbocycles. The summed E-state index contributed by atoms with van der Waals surface area (Å²) in [6, 6.07) is 5.42. The van der Waals surface area contributed by atoms with Crippen molar-refractivity contribution in [2.24, 2.45) is 5.92 Å². The number of piperidine rings is 1. The lowest BCUT2D eigenvalue weighted by Crippen LogP contribution is -2.43. The van der Waals surface area contributed by atoms with Gasteiger partial charge >= 0.3 is 6.03 Å². The number of amides is 2. The lowest BCUT2D eigenvalue weighted by Gasteiger charge is -2.33. The van der Waals surface area contributed by atoms with Gasteiger partial charge in [-0.25, -0.2) is 9.78 Å². The number of nitrogens with one attached hydrogen (secondary N) is 1. The zero-order chi connectivity index (χ0) is 20.2. The second kappa shape index (κ2) is 8.73. The SMILES string of the molecule is COCc1ncc(C)n1CC1CCCN(C(=O)Nc2ccc3c(c2)OCCO3)C1. The van der Waals surface area contributed by atoms with Crippen LogP contribution in [-0.4, -0.2) is 53.9 Å². The minimum Gasteiger partial charge on any atom is -0.486 e. The Hall–Kier alpha value is -2.74. The number of hydrogen-bond donors (Lipinski definition) is 1. The fourth-order valence-electron chi connectivity index (χ4n) is 3.98. The van der Waals surface area contributed by atoms with E-state index in [2.05, 4.69) is 21.8 Å². The zero-order valence-corrected chi connectivity index (χ0v) is 17.0. The number of aromatic nitrogens is 2. The predicted octanol–water partition coefficient (Wildman–Crippen LogP) is 3.05. The number of urea groups is 1. The Morgan fingerprint density at radius 3 is 2.97 bits per heavy atom. The second-order valence-electron chi connectivity index (χ2n) is 7.60. The number of hydrogen-bond acceptors (Lipinski definition) is 5. The van der Waals surface area contributed by atoms with Crippen molar-refractivity contribution in [3.05, 3.63) is 35.9 Å². The molecule has 4 rings (SSSR count). The Kier molecular flexibility index (Phi) is 5.89. The maximum Gasteiger partial charge on any atom is 0.321 e. The van der Waals surface area contributed by atoms with Crippen molar-refractivity contribution in [2.75, 3.05) is 38.7 Å². The first-order chi connectivity index (χ1) is 14.1. The molecule has 0 aliphatic carbocycles. The van der Waals surface area contributed by atoms with Gasteiger partial charge in [-0.2, -0.15) is 0 Å². The number of rotatable bonds is 5. The summed E-state index contributed by atoms with van der Waals surface area (Å²) < 4.78 is 18.6. The van der Waals surface area contributed by atoms with Crippen LogP contribution in [0.2, 0.25) is 0 Å². The summed E-state index contributed by atoms with van der Waals surface area (Å²) in [5, 5.41) is 3.00. The first-order valence-electron chi connectivity index (χ1n) is 10.1. The second-order valence-corrected chi connectivity index (χ2v) is 7.60. The lowest BCUT2D eigenvalue weighted by atomic mass is 9.98. The van der Waals surface area contributed by atoms with Crippen LogP contribution < -0.4 is 14.8 Å². The predicted molar refractivity (Wildman–Crippen MR) is 108 cm³/mol. The van der Waals surface area contributed by atoms with E-state index in [4.69, 9.17) is 14.2 Å². The van der Waals surface area contributed by atoms with Gasteiger partial charge in [0.15, 0.2) is 11.5 Å². The van der Waals surface area contributed by atoms with E-state index in [1.54, 1.807) is 7.11 Å². The van der Waals surface area contributed by atoms with Gasteiger partial charge in [0.1, 0.15) is 25.6 Å². The number of ether oxygens (including phenoxy) is 3. The van der Waals surface area contributed by atoms with Crippen molar-refractivity contribution in [2.45, 2.75) is 32.9 Å². The molecule has 1 saturated heterocycles. The molecule has 2 aliphatic heterocycles. The fourth-order valence-corrected chi connectivity index (χ4v) is 3.98. The maximum absolute atomic E-state index is 12.8. The first kappa shape index (κ1) is 19.6. The van der Waals surface area contributed by atoms with Gasteiger partial charge in [0.25, 0.3) is 0 Å². The number of aryl methyl sites for hydroxylation is 1. The number of benzene rings is 1. The molecular weight excluding hydrogens is 372 g/mol. The van der Waals surface area contributed by atoms with Crippen molar-refractivity contribution in [3.8, 4) is 11.5 Å². The Morgan fingerprint density at radius 2 is 2.14 bits per heavy atom. The molecule has 2 aromatic rings. The van der Waals surface area contributed by atoms with Crippen molar-refractivity contribution < 1.29 is 19.0 Å². The molecule has 1 unspecified atom stereocenters. The molecule has 1 fully saturated rings. The van der Waals surface area contributed by atoms with E-state index >= 15 is 0 Å². The molecule has 156 valence electrons. The number of likely N-dealkylation sites (tertiary alicyclic amines) is 1. The molecule has 3 heterocycles. The summed E-state index contributed by atoms with van der Waals surface area (Å²) in [6.07, 6.45) is 3.97. The summed E-state index contributed by atoms with van der Waals surface area (Å²) in [4.78, 5) is 19.2. The molecular formula is C21H28N4O4. The fraction of sp³-hybridized carbons (Fsp3) is 0.524. The monoisotopic (exact) mass is 400 g/mol. The third-order valence-electron chi connectivity index (χ3n) is 5.45. The third-order valence-corrected chi connectivity index (χ3v) is 5.45. The van der Waals surface area contributed by atoms with Crippen LogP contribution in [0.3, 0.4) is 0 Å². The molecule has 1 atom stereocenters. The Balaban J connectivity index is 1.38. The molecule has 2 amide bonds. The van der Waals surface area contributed by atoms with E-state index < -0.39 is 0 Å². The lowest BCUT2D eigenvalue weighted by molar-refractivity contribution is 0.159. The standard InChI is InChI=1S/C21H28N4O4/c1-15-11-22-20(14-27-2)25(15)13-16-4-3-7-24(12-16)21(26)23-17-5-6-18-19(10-17)29-9-8-28-18/h5-6,10-11,16H,3-4,7-9,12-14H2,1-2H3,(H,23,26). The molecule has 29 heavy (non-hydrogen) atoms. The van der Waals surface area contributed by atoms with E-state index in [-0.39, 0.29) is 6.03 Å². The molecule has 1 aromatic heterocycles. The molecule has 8 heteroatoms. The van der Waals surface area contributed by atoms with E-state index in [1.807, 2.05) is 29.3 Å². The van der Waals surface area contributed by atoms with Crippen LogP contribution in [-0.2, 0) is 17.9 Å². The minimum atomic E-state index is -0.0779. The molecule has 8 nitrogen and oxygen atoms in total. The topological polar surface area (TPSA) is 77.9 Å². The molecule has 0 spiro atoms. The average Bonchev–Trinajstić information content (AvgIpc) is 3.08. The highest BCUT2D eigenvalue weighted by atomic mass is 16.6. The van der Waals surface area contributed by atoms with E-state index in [0.717, 1.165) is 49.7 Å². The van der Waals surface area contributed by atoms with Gasteiger partial charge in [-0.3, -0.25) is 0 Å². The molecule has 1 aromatic carbocycles. The summed E-state index contributed by atoms with van der Waals surface area (Å²) in [5.74, 6) is 2.71. The maximum atomic E-state index is 12.8. The van der Waals surface area contributed by atoms with Crippen molar-refractivity contribution in [3.63, 3.8) is 0 Å². The van der Waals surface area contributed by atoms with Crippen molar-refractivity contribution in [1.29, 1.82) is 0 Å². The summed E-state index contributed by atoms with van der Waals surface area (Å²) >= 11 is 0. The van der Waals surface area contributed by atoms with Crippen LogP contribution in [0, 0.1) is 12.8 Å². The van der Waals surface area contributed by atoms with Gasteiger partial charge in [-0.05, 0) is 37.8 Å². The number of imidazole rings is 1. The molecule has 0 radical (unpaired) electrons. The van der Waals surface area contributed by atoms with Crippen LogP contribution in [0.15, 0.2) is 24.4 Å². The van der Waals surface area contributed by atoms with Crippen molar-refractivity contribution in [1.82, 2.24) is 14.5 Å². The van der Waals surface area contributed by atoms with Crippen LogP contribution >= 0.6 is 0 Å². The summed E-state index contributed by atoms with van der Waals surface area (Å²) in [6.45, 7) is 5.96. The number of fused-ring (bicyclic) bond motifs is 1. The van der Waals surface area contributed by atoms with Crippen LogP contribution in [0.5, 0.6) is 11.5 Å². The van der Waals surface area contributed by atoms with Crippen LogP contribution in [0.1, 0.15) is 24.4 Å². The highest BCUT2D eigenvalue weighted by molar-refractivity contribution is 5.89. The highest BCUT2D eigenvalue weighted by Crippen LogP contribution is 2.32. The number of carbonyl (C=O) groups is 1. The Labute approximate surface area is 170 Å². The number of anilines is 1. The normalized spacial score (nSPS) is 18.6. The van der Waals surface area contributed by atoms with Gasteiger partial charge < -0.3 is 29.0 Å². The van der Waals surface area contributed by atoms with Gasteiger partial charge in [0, 0.05) is 50.4 Å². The number of methoxy groups -OCH3 is 1. The van der Waals surface area contributed by atoms with Crippen molar-refractivity contribution >= 4 is 11.7 Å². The Bertz CT molecular complexity index is 866. The van der Waals surface area contributed by atoms with E-state index in [1.165, 1.54) is 0 Å². The van der Waals surface area contributed by atoms with Crippen LogP contribution in [0.4, 0.5) is 10.5 Å². The average molecular weight is 400 g/mol. The highest BCUT2D eigenvalue weighted by Gasteiger charge is 2.25. The largest absolute Gasteiger partial charge is 0.486 e. The number of carbonyl (C=O) groups excluding carboxylic acids is 1. The Morgan fingerprint density at radius 1 is 1.31 bits per heavy atom. The minimum absolute atomic E-state index is 0.0779. The van der Waals surface area contributed by atoms with E-state index in [9.17, 15) is 4.79 Å². The first-order valence-corrected chi connectivity index (χ1v) is 10.1. The smallest absolute Gasteiger partial charge is 0.321 e. The van der Waals surface area contributed by atoms with Gasteiger partial charge in [-0.15, -0.1) is 0 Å². The third kappa shape index (κ3) is 4.48. The molecule has 0 bridgehead atoms. The number of nitrogens with zero attached hydrogens (tertiary/aromatic N) is 3.